The Balaban J connectivity index is 0.000000162. The van der Waals surface area contributed by atoms with Gasteiger partial charge in [-0.1, -0.05) is 114 Å². The Kier molecular flexibility index (Phi) is 9.26. The maximum Gasteiger partial charge on any atom is 0.416 e. The fourth-order valence-corrected chi connectivity index (χ4v) is 8.32. The van der Waals surface area contributed by atoms with Crippen LogP contribution in [0.25, 0.3) is 64.9 Å². The second-order valence-electron chi connectivity index (χ2n) is 11.8. The molecule has 0 atom stereocenters. The fraction of sp³-hybridized carbons (Fsp3) is 0.0500. The lowest BCUT2D eigenvalue weighted by Crippen LogP contribution is -2.08. The first-order valence-electron chi connectivity index (χ1n) is 15.7. The highest BCUT2D eigenvalue weighted by Gasteiger charge is 2.30. The summed E-state index contributed by atoms with van der Waals surface area (Å²) in [4.78, 5) is 31.6. The summed E-state index contributed by atoms with van der Waals surface area (Å²) in [5.41, 5.74) is 4.00. The van der Waals surface area contributed by atoms with Gasteiger partial charge in [-0.2, -0.15) is 13.2 Å². The van der Waals surface area contributed by atoms with E-state index in [1.807, 2.05) is 49.4 Å². The van der Waals surface area contributed by atoms with Crippen molar-refractivity contribution >= 4 is 54.7 Å². The quantitative estimate of drug-likeness (QED) is 0.143. The third-order valence-electron chi connectivity index (χ3n) is 8.50. The number of pyridine rings is 2. The average molecular weight is 755 g/mol. The zero-order valence-corrected chi connectivity index (χ0v) is 29.4. The lowest BCUT2D eigenvalue weighted by Gasteiger charge is -2.09. The Bertz CT molecular complexity index is 2680. The van der Waals surface area contributed by atoms with E-state index in [0.717, 1.165) is 28.8 Å². The number of hydrogen-bond donors (Lipinski definition) is 4. The molecule has 0 saturated heterocycles. The number of nitrogens with one attached hydrogen (secondary N) is 2. The molecule has 52 heavy (non-hydrogen) atoms. The highest BCUT2D eigenvalue weighted by atomic mass is 35.5. The van der Waals surface area contributed by atoms with E-state index in [4.69, 9.17) is 11.6 Å². The Morgan fingerprint density at radius 2 is 1.10 bits per heavy atom. The van der Waals surface area contributed by atoms with E-state index in [0.29, 0.717) is 47.0 Å². The van der Waals surface area contributed by atoms with Gasteiger partial charge < -0.3 is 20.2 Å². The van der Waals surface area contributed by atoms with Gasteiger partial charge in [0.2, 0.25) is 0 Å². The largest absolute Gasteiger partial charge is 0.506 e. The van der Waals surface area contributed by atoms with Crippen LogP contribution in [0, 0.1) is 6.92 Å². The molecule has 0 radical (unpaired) electrons. The van der Waals surface area contributed by atoms with Gasteiger partial charge in [-0.05, 0) is 41.3 Å². The number of benzene rings is 4. The molecule has 6 nitrogen and oxygen atoms in total. The van der Waals surface area contributed by atoms with Crippen molar-refractivity contribution in [2.24, 2.45) is 0 Å². The normalized spacial score (nSPS) is 11.5. The van der Waals surface area contributed by atoms with Crippen LogP contribution in [0.5, 0.6) is 11.5 Å². The first-order chi connectivity index (χ1) is 24.9. The number of halogens is 4. The molecule has 0 fully saturated rings. The monoisotopic (exact) mass is 754 g/mol. The molecule has 4 heterocycles. The Morgan fingerprint density at radius 3 is 1.63 bits per heavy atom. The van der Waals surface area contributed by atoms with Crippen LogP contribution in [-0.2, 0) is 6.18 Å². The number of aromatic amines is 2. The van der Waals surface area contributed by atoms with Crippen LogP contribution >= 0.6 is 34.3 Å². The molecular formula is C40H26ClF3N2O4S2. The molecule has 260 valence electrons. The number of fused-ring (bicyclic) bond motifs is 2. The molecule has 4 aromatic carbocycles. The van der Waals surface area contributed by atoms with Crippen molar-refractivity contribution in [1.29, 1.82) is 0 Å². The second-order valence-corrected chi connectivity index (χ2v) is 14.3. The lowest BCUT2D eigenvalue weighted by molar-refractivity contribution is -0.137. The Hall–Kier alpha value is -5.62. The topological polar surface area (TPSA) is 106 Å². The van der Waals surface area contributed by atoms with Crippen molar-refractivity contribution in [3.63, 3.8) is 0 Å². The number of alkyl halides is 3. The van der Waals surface area contributed by atoms with Crippen LogP contribution in [0.2, 0.25) is 4.34 Å². The lowest BCUT2D eigenvalue weighted by atomic mass is 10.00. The van der Waals surface area contributed by atoms with Gasteiger partial charge in [0.25, 0.3) is 11.1 Å². The van der Waals surface area contributed by atoms with E-state index < -0.39 is 17.3 Å². The average Bonchev–Trinajstić information content (AvgIpc) is 3.70. The van der Waals surface area contributed by atoms with E-state index in [9.17, 15) is 33.0 Å². The number of aromatic hydroxyl groups is 2. The van der Waals surface area contributed by atoms with Crippen molar-refractivity contribution in [2.75, 3.05) is 0 Å². The summed E-state index contributed by atoms with van der Waals surface area (Å²) in [6.45, 7) is 2.01. The van der Waals surface area contributed by atoms with Crippen molar-refractivity contribution in [3.05, 3.63) is 151 Å². The smallest absolute Gasteiger partial charge is 0.416 e. The Labute approximate surface area is 306 Å². The highest BCUT2D eigenvalue weighted by Crippen LogP contribution is 2.47. The van der Waals surface area contributed by atoms with Crippen LogP contribution in [0.1, 0.15) is 11.1 Å². The fourth-order valence-electron chi connectivity index (χ4n) is 5.97. The molecule has 12 heteroatoms. The molecule has 8 rings (SSSR count). The van der Waals surface area contributed by atoms with Crippen LogP contribution in [0.3, 0.4) is 0 Å². The summed E-state index contributed by atoms with van der Waals surface area (Å²) < 4.78 is 38.9. The second kappa shape index (κ2) is 13.8. The standard InChI is InChI=1S/C20H14ClNO2S.C20H12F3NO2S/c1-11-7-9-13(10-8-11)14-16-17(23)15(12-5-3-2-4-6-12)19(24)22-20(16)25-18(14)21;21-20(22,23)13-8-6-11(7-9-13)14-10-27-19-16(14)17(25)15(18(26)24-19)12-4-2-1-3-5-12/h2-10H,1H3,(H2,22,23,24);1-10H,(H2,24,25,26). The van der Waals surface area contributed by atoms with Crippen LogP contribution in [-0.4, -0.2) is 20.2 Å². The van der Waals surface area contributed by atoms with E-state index in [1.165, 1.54) is 34.8 Å². The molecule has 0 unspecified atom stereocenters. The van der Waals surface area contributed by atoms with Gasteiger partial charge in [0.1, 0.15) is 25.5 Å². The van der Waals surface area contributed by atoms with Crippen LogP contribution in [0.15, 0.2) is 124 Å². The number of rotatable bonds is 4. The van der Waals surface area contributed by atoms with Crippen LogP contribution < -0.4 is 11.1 Å². The van der Waals surface area contributed by atoms with E-state index in [2.05, 4.69) is 9.97 Å². The minimum absolute atomic E-state index is 0.0383. The number of hydrogen-bond acceptors (Lipinski definition) is 6. The van der Waals surface area contributed by atoms with Gasteiger partial charge in [0, 0.05) is 16.5 Å². The van der Waals surface area contributed by atoms with Gasteiger partial charge in [0.15, 0.2) is 0 Å². The zero-order valence-electron chi connectivity index (χ0n) is 27.0. The first-order valence-corrected chi connectivity index (χ1v) is 17.8. The SMILES string of the molecule is Cc1ccc(-c2c(Cl)sc3[nH]c(=O)c(-c4ccccc4)c(O)c23)cc1.O=c1[nH]c2scc(-c3ccc(C(F)(F)F)cc3)c2c(O)c1-c1ccccc1. The molecule has 0 bridgehead atoms. The van der Waals surface area contributed by atoms with E-state index in [1.54, 1.807) is 47.8 Å². The maximum atomic E-state index is 12.8. The van der Waals surface area contributed by atoms with Crippen molar-refractivity contribution in [1.82, 2.24) is 9.97 Å². The van der Waals surface area contributed by atoms with Gasteiger partial charge in [-0.25, -0.2) is 0 Å². The van der Waals surface area contributed by atoms with Crippen molar-refractivity contribution in [2.45, 2.75) is 13.1 Å². The van der Waals surface area contributed by atoms with Gasteiger partial charge in [0.05, 0.1) is 27.5 Å². The summed E-state index contributed by atoms with van der Waals surface area (Å²) in [7, 11) is 0. The third kappa shape index (κ3) is 6.50. The summed E-state index contributed by atoms with van der Waals surface area (Å²) >= 11 is 8.92. The number of thiophene rings is 2. The van der Waals surface area contributed by atoms with Gasteiger partial charge >= 0.3 is 6.18 Å². The summed E-state index contributed by atoms with van der Waals surface area (Å²) in [6, 6.07) is 30.5. The van der Waals surface area contributed by atoms with Gasteiger partial charge in [-0.3, -0.25) is 9.59 Å². The summed E-state index contributed by atoms with van der Waals surface area (Å²) in [6.07, 6.45) is -4.41. The minimum atomic E-state index is -4.41. The van der Waals surface area contributed by atoms with E-state index >= 15 is 0 Å². The summed E-state index contributed by atoms with van der Waals surface area (Å²) in [5, 5.41) is 24.4. The van der Waals surface area contributed by atoms with Crippen molar-refractivity contribution < 1.29 is 23.4 Å². The summed E-state index contributed by atoms with van der Waals surface area (Å²) in [5.74, 6) is -0.222. The predicted octanol–water partition coefficient (Wildman–Crippen LogP) is 11.2. The highest BCUT2D eigenvalue weighted by molar-refractivity contribution is 7.23. The zero-order chi connectivity index (χ0) is 36.7. The van der Waals surface area contributed by atoms with Crippen LogP contribution in [0.4, 0.5) is 13.2 Å². The maximum absolute atomic E-state index is 12.8. The molecule has 0 aliphatic rings. The minimum Gasteiger partial charge on any atom is -0.506 e. The first kappa shape index (κ1) is 34.8. The van der Waals surface area contributed by atoms with Crippen molar-refractivity contribution in [3.8, 4) is 56.0 Å². The molecule has 4 N–H and O–H groups in total. The van der Waals surface area contributed by atoms with E-state index in [-0.39, 0.29) is 28.2 Å². The predicted molar refractivity (Wildman–Crippen MR) is 205 cm³/mol. The molecule has 0 spiro atoms. The molecular weight excluding hydrogens is 729 g/mol. The molecule has 8 aromatic rings. The molecule has 0 amide bonds. The number of aryl methyl sites for hydroxylation is 1. The molecule has 0 aliphatic heterocycles. The van der Waals surface area contributed by atoms with Gasteiger partial charge in [-0.15, -0.1) is 22.7 Å². The Morgan fingerprint density at radius 1 is 0.615 bits per heavy atom. The molecule has 0 aliphatic carbocycles. The molecule has 0 saturated carbocycles. The number of aromatic nitrogens is 2. The third-order valence-corrected chi connectivity index (χ3v) is 10.7. The molecule has 4 aromatic heterocycles. The number of H-pyrrole nitrogens is 2.